The van der Waals surface area contributed by atoms with E-state index in [1.807, 2.05) is 31.3 Å². The Morgan fingerprint density at radius 3 is 2.83 bits per heavy atom. The number of fused-ring (bicyclic) bond motifs is 1. The average Bonchev–Trinajstić information content (AvgIpc) is 2.86. The van der Waals surface area contributed by atoms with Crippen molar-refractivity contribution in [3.63, 3.8) is 0 Å². The molecule has 2 heterocycles. The molecule has 0 saturated heterocycles. The van der Waals surface area contributed by atoms with Gasteiger partial charge in [0.25, 0.3) is 0 Å². The van der Waals surface area contributed by atoms with Crippen molar-refractivity contribution < 1.29 is 0 Å². The van der Waals surface area contributed by atoms with E-state index >= 15 is 0 Å². The third-order valence-corrected chi connectivity index (χ3v) is 2.62. The van der Waals surface area contributed by atoms with Crippen LogP contribution < -0.4 is 10.6 Å². The zero-order valence-electron chi connectivity index (χ0n) is 9.81. The Kier molecular flexibility index (Phi) is 2.53. The molecule has 0 atom stereocenters. The fraction of sp³-hybridized carbons (Fsp3) is 0.0833. The second kappa shape index (κ2) is 4.33. The van der Waals surface area contributed by atoms with Gasteiger partial charge in [-0.15, -0.1) is 0 Å². The van der Waals surface area contributed by atoms with Crippen LogP contribution >= 0.6 is 0 Å². The van der Waals surface area contributed by atoms with E-state index in [-0.39, 0.29) is 0 Å². The SMILES string of the molecule is CNc1cc(Nc2ccc3nc[nH]c3c2)ncn1. The fourth-order valence-electron chi connectivity index (χ4n) is 1.72. The van der Waals surface area contributed by atoms with Gasteiger partial charge in [0.05, 0.1) is 17.4 Å². The molecule has 0 bridgehead atoms. The number of anilines is 3. The molecule has 18 heavy (non-hydrogen) atoms. The highest BCUT2D eigenvalue weighted by atomic mass is 15.1. The Bertz CT molecular complexity index is 675. The van der Waals surface area contributed by atoms with E-state index in [4.69, 9.17) is 0 Å². The van der Waals surface area contributed by atoms with E-state index in [9.17, 15) is 0 Å². The summed E-state index contributed by atoms with van der Waals surface area (Å²) in [4.78, 5) is 15.5. The predicted molar refractivity (Wildman–Crippen MR) is 71.0 cm³/mol. The highest BCUT2D eigenvalue weighted by Crippen LogP contribution is 2.19. The van der Waals surface area contributed by atoms with Crippen LogP contribution in [0.1, 0.15) is 0 Å². The van der Waals surface area contributed by atoms with E-state index in [2.05, 4.69) is 30.6 Å². The minimum atomic E-state index is 0.744. The third kappa shape index (κ3) is 1.95. The zero-order chi connectivity index (χ0) is 12.4. The smallest absolute Gasteiger partial charge is 0.135 e. The van der Waals surface area contributed by atoms with Crippen LogP contribution in [0.15, 0.2) is 36.9 Å². The van der Waals surface area contributed by atoms with Gasteiger partial charge in [-0.2, -0.15) is 0 Å². The quantitative estimate of drug-likeness (QED) is 0.653. The average molecular weight is 240 g/mol. The summed E-state index contributed by atoms with van der Waals surface area (Å²) in [5.41, 5.74) is 2.88. The van der Waals surface area contributed by atoms with Gasteiger partial charge < -0.3 is 15.6 Å². The second-order valence-electron chi connectivity index (χ2n) is 3.80. The molecular weight excluding hydrogens is 228 g/mol. The van der Waals surface area contributed by atoms with Gasteiger partial charge >= 0.3 is 0 Å². The van der Waals surface area contributed by atoms with Crippen LogP contribution in [-0.2, 0) is 0 Å². The van der Waals surface area contributed by atoms with Gasteiger partial charge in [0, 0.05) is 18.8 Å². The lowest BCUT2D eigenvalue weighted by atomic mass is 10.3. The summed E-state index contributed by atoms with van der Waals surface area (Å²) >= 11 is 0. The Balaban J connectivity index is 1.90. The molecule has 0 amide bonds. The molecule has 6 heteroatoms. The molecule has 0 aliphatic carbocycles. The van der Waals surface area contributed by atoms with Gasteiger partial charge in [-0.3, -0.25) is 0 Å². The summed E-state index contributed by atoms with van der Waals surface area (Å²) in [5.74, 6) is 1.52. The number of aromatic amines is 1. The number of rotatable bonds is 3. The van der Waals surface area contributed by atoms with Crippen molar-refractivity contribution in [2.45, 2.75) is 0 Å². The molecule has 0 unspecified atom stereocenters. The van der Waals surface area contributed by atoms with Crippen LogP contribution in [0.5, 0.6) is 0 Å². The van der Waals surface area contributed by atoms with Gasteiger partial charge in [0.1, 0.15) is 18.0 Å². The second-order valence-corrected chi connectivity index (χ2v) is 3.80. The Hall–Kier alpha value is -2.63. The Labute approximate surface area is 104 Å². The summed E-state index contributed by atoms with van der Waals surface area (Å²) in [6, 6.07) is 7.75. The molecule has 0 aliphatic rings. The van der Waals surface area contributed by atoms with Crippen molar-refractivity contribution in [2.24, 2.45) is 0 Å². The molecule has 3 N–H and O–H groups in total. The van der Waals surface area contributed by atoms with Crippen LogP contribution in [0.25, 0.3) is 11.0 Å². The fourth-order valence-corrected chi connectivity index (χ4v) is 1.72. The normalized spacial score (nSPS) is 10.5. The number of aromatic nitrogens is 4. The molecule has 90 valence electrons. The van der Waals surface area contributed by atoms with Gasteiger partial charge in [0.2, 0.25) is 0 Å². The molecule has 0 spiro atoms. The summed E-state index contributed by atoms with van der Waals surface area (Å²) in [5, 5.41) is 6.19. The summed E-state index contributed by atoms with van der Waals surface area (Å²) in [7, 11) is 1.82. The van der Waals surface area contributed by atoms with E-state index in [0.717, 1.165) is 28.4 Å². The molecule has 2 aromatic heterocycles. The first-order valence-corrected chi connectivity index (χ1v) is 5.55. The standard InChI is InChI=1S/C12H12N6/c1-13-11-5-12(17-7-16-11)18-8-2-3-9-10(4-8)15-6-14-9/h2-7H,1H3,(H,14,15)(H2,13,16,17,18). The van der Waals surface area contributed by atoms with Crippen molar-refractivity contribution in [1.29, 1.82) is 0 Å². The van der Waals surface area contributed by atoms with E-state index < -0.39 is 0 Å². The van der Waals surface area contributed by atoms with Crippen LogP contribution in [0.4, 0.5) is 17.3 Å². The number of imidazole rings is 1. The highest BCUT2D eigenvalue weighted by Gasteiger charge is 2.01. The minimum absolute atomic E-state index is 0.744. The van der Waals surface area contributed by atoms with E-state index in [0.29, 0.717) is 0 Å². The number of hydrogen-bond acceptors (Lipinski definition) is 5. The Morgan fingerprint density at radius 2 is 1.94 bits per heavy atom. The molecular formula is C12H12N6. The molecule has 0 aliphatic heterocycles. The van der Waals surface area contributed by atoms with Crippen LogP contribution in [0.3, 0.4) is 0 Å². The highest BCUT2D eigenvalue weighted by molar-refractivity contribution is 5.79. The Morgan fingerprint density at radius 1 is 1.06 bits per heavy atom. The first-order valence-electron chi connectivity index (χ1n) is 5.55. The molecule has 3 rings (SSSR count). The molecule has 0 radical (unpaired) electrons. The lowest BCUT2D eigenvalue weighted by Gasteiger charge is -2.06. The molecule has 0 saturated carbocycles. The number of benzene rings is 1. The van der Waals surface area contributed by atoms with Gasteiger partial charge in [-0.1, -0.05) is 0 Å². The van der Waals surface area contributed by atoms with Crippen LogP contribution in [0, 0.1) is 0 Å². The lowest BCUT2D eigenvalue weighted by Crippen LogP contribution is -1.97. The van der Waals surface area contributed by atoms with Gasteiger partial charge in [-0.05, 0) is 18.2 Å². The molecule has 6 nitrogen and oxygen atoms in total. The van der Waals surface area contributed by atoms with Crippen LogP contribution in [0.2, 0.25) is 0 Å². The van der Waals surface area contributed by atoms with Crippen LogP contribution in [-0.4, -0.2) is 27.0 Å². The number of hydrogen-bond donors (Lipinski definition) is 3. The summed E-state index contributed by atoms with van der Waals surface area (Å²) in [6.07, 6.45) is 3.20. The van der Waals surface area contributed by atoms with Crippen molar-refractivity contribution >= 4 is 28.4 Å². The maximum Gasteiger partial charge on any atom is 0.135 e. The molecule has 3 aromatic rings. The summed E-state index contributed by atoms with van der Waals surface area (Å²) in [6.45, 7) is 0. The first-order chi connectivity index (χ1) is 8.85. The van der Waals surface area contributed by atoms with Gasteiger partial charge in [-0.25, -0.2) is 15.0 Å². The van der Waals surface area contributed by atoms with Crippen molar-refractivity contribution in [3.8, 4) is 0 Å². The van der Waals surface area contributed by atoms with E-state index in [1.54, 1.807) is 6.33 Å². The third-order valence-electron chi connectivity index (χ3n) is 2.62. The largest absolute Gasteiger partial charge is 0.373 e. The maximum absolute atomic E-state index is 4.18. The van der Waals surface area contributed by atoms with Gasteiger partial charge in [0.15, 0.2) is 0 Å². The number of nitrogens with one attached hydrogen (secondary N) is 3. The minimum Gasteiger partial charge on any atom is -0.373 e. The van der Waals surface area contributed by atoms with Crippen molar-refractivity contribution in [2.75, 3.05) is 17.7 Å². The zero-order valence-corrected chi connectivity index (χ0v) is 9.81. The van der Waals surface area contributed by atoms with Crippen molar-refractivity contribution in [3.05, 3.63) is 36.9 Å². The summed E-state index contributed by atoms with van der Waals surface area (Å²) < 4.78 is 0. The number of H-pyrrole nitrogens is 1. The monoisotopic (exact) mass is 240 g/mol. The molecule has 1 aromatic carbocycles. The first kappa shape index (κ1) is 10.5. The van der Waals surface area contributed by atoms with E-state index in [1.165, 1.54) is 6.33 Å². The molecule has 0 fully saturated rings. The number of nitrogens with zero attached hydrogens (tertiary/aromatic N) is 3. The topological polar surface area (TPSA) is 78.5 Å². The lowest BCUT2D eigenvalue weighted by molar-refractivity contribution is 1.16. The van der Waals surface area contributed by atoms with Crippen molar-refractivity contribution in [1.82, 2.24) is 19.9 Å². The predicted octanol–water partition coefficient (Wildman–Crippen LogP) is 2.14. The maximum atomic E-state index is 4.18.